The summed E-state index contributed by atoms with van der Waals surface area (Å²) in [6.07, 6.45) is 7.82. The maximum Gasteiger partial charge on any atom is 0.229 e. The largest absolute Gasteiger partial charge is 0.394 e. The van der Waals surface area contributed by atoms with Gasteiger partial charge in [0, 0.05) is 37.6 Å². The molecule has 2 aromatic heterocycles. The van der Waals surface area contributed by atoms with Crippen molar-refractivity contribution < 1.29 is 5.11 Å². The van der Waals surface area contributed by atoms with Crippen molar-refractivity contribution in [3.05, 3.63) is 24.7 Å². The maximum absolute atomic E-state index is 8.93. The van der Waals surface area contributed by atoms with Crippen LogP contribution in [0.3, 0.4) is 0 Å². The molecular weight excluding hydrogens is 294 g/mol. The monoisotopic (exact) mass is 315 g/mol. The topological polar surface area (TPSA) is 91.1 Å². The van der Waals surface area contributed by atoms with Crippen molar-refractivity contribution >= 4 is 17.5 Å². The summed E-state index contributed by atoms with van der Waals surface area (Å²) in [7, 11) is 0. The SMILES string of the molecule is OCCn1cc(Nc2nccc(N3C[C@H]4CC[C@@H](C3)N4)n2)cn1. The van der Waals surface area contributed by atoms with E-state index in [1.807, 2.05) is 12.3 Å². The van der Waals surface area contributed by atoms with E-state index >= 15 is 0 Å². The zero-order valence-electron chi connectivity index (χ0n) is 12.9. The van der Waals surface area contributed by atoms with Gasteiger partial charge in [-0.3, -0.25) is 4.68 Å². The van der Waals surface area contributed by atoms with Gasteiger partial charge in [0.15, 0.2) is 0 Å². The molecule has 2 bridgehead atoms. The summed E-state index contributed by atoms with van der Waals surface area (Å²) in [5.74, 6) is 1.53. The molecule has 2 aliphatic heterocycles. The lowest BCUT2D eigenvalue weighted by atomic mass is 10.2. The Morgan fingerprint density at radius 1 is 1.30 bits per heavy atom. The Morgan fingerprint density at radius 3 is 2.91 bits per heavy atom. The molecule has 0 unspecified atom stereocenters. The first-order valence-electron chi connectivity index (χ1n) is 8.04. The molecule has 0 aromatic carbocycles. The van der Waals surface area contributed by atoms with Crippen molar-refractivity contribution in [2.45, 2.75) is 31.5 Å². The van der Waals surface area contributed by atoms with Gasteiger partial charge in [0.05, 0.1) is 25.0 Å². The van der Waals surface area contributed by atoms with Gasteiger partial charge in [-0.15, -0.1) is 0 Å². The van der Waals surface area contributed by atoms with Crippen LogP contribution >= 0.6 is 0 Å². The van der Waals surface area contributed by atoms with Crippen LogP contribution < -0.4 is 15.5 Å². The van der Waals surface area contributed by atoms with Gasteiger partial charge in [0.25, 0.3) is 0 Å². The minimum absolute atomic E-state index is 0.0679. The van der Waals surface area contributed by atoms with Gasteiger partial charge in [0.1, 0.15) is 5.82 Å². The van der Waals surface area contributed by atoms with E-state index in [1.54, 1.807) is 17.1 Å². The minimum Gasteiger partial charge on any atom is -0.394 e. The summed E-state index contributed by atoms with van der Waals surface area (Å²) in [5.41, 5.74) is 0.816. The molecule has 23 heavy (non-hydrogen) atoms. The van der Waals surface area contributed by atoms with Gasteiger partial charge < -0.3 is 20.6 Å². The third-order valence-electron chi connectivity index (χ3n) is 4.40. The van der Waals surface area contributed by atoms with Crippen LogP contribution in [0.15, 0.2) is 24.7 Å². The Kier molecular flexibility index (Phi) is 3.84. The molecule has 2 aromatic rings. The van der Waals surface area contributed by atoms with E-state index in [-0.39, 0.29) is 6.61 Å². The summed E-state index contributed by atoms with van der Waals surface area (Å²) < 4.78 is 1.68. The van der Waals surface area contributed by atoms with Crippen molar-refractivity contribution in [3.8, 4) is 0 Å². The number of piperazine rings is 1. The zero-order valence-corrected chi connectivity index (χ0v) is 12.9. The molecule has 2 atom stereocenters. The molecule has 0 spiro atoms. The van der Waals surface area contributed by atoms with Crippen molar-refractivity contribution in [1.82, 2.24) is 25.1 Å². The number of hydrogen-bond donors (Lipinski definition) is 3. The second-order valence-electron chi connectivity index (χ2n) is 6.12. The molecule has 2 fully saturated rings. The molecule has 4 heterocycles. The number of aliphatic hydroxyl groups is 1. The lowest BCUT2D eigenvalue weighted by Gasteiger charge is -2.33. The average molecular weight is 315 g/mol. The van der Waals surface area contributed by atoms with Gasteiger partial charge in [-0.25, -0.2) is 4.98 Å². The number of anilines is 3. The molecule has 0 saturated carbocycles. The van der Waals surface area contributed by atoms with Crippen LogP contribution in [0.1, 0.15) is 12.8 Å². The molecule has 3 N–H and O–H groups in total. The Hall–Kier alpha value is -2.19. The third-order valence-corrected chi connectivity index (χ3v) is 4.40. The molecular formula is C15H21N7O. The van der Waals surface area contributed by atoms with Gasteiger partial charge in [-0.2, -0.15) is 10.1 Å². The summed E-state index contributed by atoms with van der Waals surface area (Å²) in [6, 6.07) is 3.12. The van der Waals surface area contributed by atoms with Gasteiger partial charge in [0.2, 0.25) is 5.95 Å². The van der Waals surface area contributed by atoms with Crippen LogP contribution in [0, 0.1) is 0 Å². The minimum atomic E-state index is 0.0679. The summed E-state index contributed by atoms with van der Waals surface area (Å²) in [6.45, 7) is 2.55. The number of nitrogens with zero attached hydrogens (tertiary/aromatic N) is 5. The van der Waals surface area contributed by atoms with Gasteiger partial charge >= 0.3 is 0 Å². The average Bonchev–Trinajstić information content (AvgIpc) is 3.14. The molecule has 0 radical (unpaired) electrons. The first-order chi connectivity index (χ1) is 11.3. The third kappa shape index (κ3) is 3.13. The van der Waals surface area contributed by atoms with Gasteiger partial charge in [-0.1, -0.05) is 0 Å². The van der Waals surface area contributed by atoms with Crippen LogP contribution in [0.25, 0.3) is 0 Å². The van der Waals surface area contributed by atoms with E-state index in [4.69, 9.17) is 5.11 Å². The highest BCUT2D eigenvalue weighted by Gasteiger charge is 2.32. The fourth-order valence-electron chi connectivity index (χ4n) is 3.35. The van der Waals surface area contributed by atoms with E-state index in [9.17, 15) is 0 Å². The quantitative estimate of drug-likeness (QED) is 0.733. The number of rotatable bonds is 5. The second kappa shape index (κ2) is 6.13. The molecule has 8 nitrogen and oxygen atoms in total. The number of nitrogens with one attached hydrogen (secondary N) is 2. The molecule has 8 heteroatoms. The molecule has 0 aliphatic carbocycles. The van der Waals surface area contributed by atoms with Crippen LogP contribution in [-0.4, -0.2) is 56.6 Å². The van der Waals surface area contributed by atoms with Crippen molar-refractivity contribution in [2.75, 3.05) is 29.9 Å². The molecule has 2 aliphatic rings. The fraction of sp³-hybridized carbons (Fsp3) is 0.533. The van der Waals surface area contributed by atoms with Crippen LogP contribution in [0.2, 0.25) is 0 Å². The number of hydrogen-bond acceptors (Lipinski definition) is 7. The Bertz CT molecular complexity index is 661. The van der Waals surface area contributed by atoms with Crippen LogP contribution in [0.4, 0.5) is 17.5 Å². The summed E-state index contributed by atoms with van der Waals surface area (Å²) in [5, 5.41) is 19.9. The second-order valence-corrected chi connectivity index (χ2v) is 6.12. The van der Waals surface area contributed by atoms with Crippen LogP contribution in [-0.2, 0) is 6.54 Å². The highest BCUT2D eigenvalue weighted by Crippen LogP contribution is 2.24. The normalized spacial score (nSPS) is 23.3. The predicted molar refractivity (Wildman–Crippen MR) is 86.8 cm³/mol. The zero-order chi connectivity index (χ0) is 15.6. The predicted octanol–water partition coefficient (Wildman–Crippen LogP) is 0.350. The summed E-state index contributed by atoms with van der Waals surface area (Å²) in [4.78, 5) is 11.3. The molecule has 122 valence electrons. The first-order valence-corrected chi connectivity index (χ1v) is 8.04. The Labute approximate surface area is 134 Å². The highest BCUT2D eigenvalue weighted by atomic mass is 16.3. The Balaban J connectivity index is 1.47. The Morgan fingerprint density at radius 2 is 2.13 bits per heavy atom. The highest BCUT2D eigenvalue weighted by molar-refractivity contribution is 5.53. The lowest BCUT2D eigenvalue weighted by Crippen LogP contribution is -2.51. The summed E-state index contributed by atoms with van der Waals surface area (Å²) >= 11 is 0. The maximum atomic E-state index is 8.93. The molecule has 0 amide bonds. The number of aliphatic hydroxyl groups excluding tert-OH is 1. The standard InChI is InChI=1S/C15H21N7O/c23-6-5-22-10-13(7-17-22)19-15-16-4-3-14(20-15)21-8-11-1-2-12(9-21)18-11/h3-4,7,10-12,18,23H,1-2,5-6,8-9H2,(H,16,19,20)/t11-,12+. The molecule has 2 saturated heterocycles. The van der Waals surface area contributed by atoms with Gasteiger partial charge in [-0.05, 0) is 18.9 Å². The van der Waals surface area contributed by atoms with E-state index in [0.29, 0.717) is 24.6 Å². The van der Waals surface area contributed by atoms with Crippen LogP contribution in [0.5, 0.6) is 0 Å². The fourth-order valence-corrected chi connectivity index (χ4v) is 3.35. The number of aromatic nitrogens is 4. The number of fused-ring (bicyclic) bond motifs is 2. The van der Waals surface area contributed by atoms with Crippen molar-refractivity contribution in [2.24, 2.45) is 0 Å². The lowest BCUT2D eigenvalue weighted by molar-refractivity contribution is 0.269. The van der Waals surface area contributed by atoms with E-state index in [0.717, 1.165) is 24.6 Å². The van der Waals surface area contributed by atoms with Crippen molar-refractivity contribution in [3.63, 3.8) is 0 Å². The smallest absolute Gasteiger partial charge is 0.229 e. The van der Waals surface area contributed by atoms with E-state index in [1.165, 1.54) is 12.8 Å². The molecule has 4 rings (SSSR count). The van der Waals surface area contributed by atoms with E-state index in [2.05, 4.69) is 30.6 Å². The van der Waals surface area contributed by atoms with Crippen molar-refractivity contribution in [1.29, 1.82) is 0 Å². The first kappa shape index (κ1) is 14.4. The van der Waals surface area contributed by atoms with E-state index < -0.39 is 0 Å².